The average Bonchev–Trinajstić information content (AvgIpc) is 3.27. The van der Waals surface area contributed by atoms with Gasteiger partial charge in [-0.2, -0.15) is 0 Å². The molecule has 0 radical (unpaired) electrons. The quantitative estimate of drug-likeness (QED) is 0.531. The number of carbonyl (C=O) groups excluding carboxylic acids is 2. The fraction of sp³-hybridized carbons (Fsp3) is 0.524. The number of hydrogen-bond acceptors (Lipinski definition) is 8. The highest BCUT2D eigenvalue weighted by atomic mass is 16.8. The maximum absolute atomic E-state index is 13.1. The van der Waals surface area contributed by atoms with Crippen molar-refractivity contribution in [3.05, 3.63) is 30.4 Å². The van der Waals surface area contributed by atoms with E-state index in [9.17, 15) is 9.59 Å². The Kier molecular flexibility index (Phi) is 5.33. The molecule has 4 rings (SSSR count). The summed E-state index contributed by atoms with van der Waals surface area (Å²) in [7, 11) is 0. The molecule has 1 aromatic carbocycles. The number of fused-ring (bicyclic) bond motifs is 4. The first kappa shape index (κ1) is 20.5. The van der Waals surface area contributed by atoms with Crippen molar-refractivity contribution >= 4 is 17.7 Å². The van der Waals surface area contributed by atoms with Gasteiger partial charge >= 0.3 is 12.1 Å². The van der Waals surface area contributed by atoms with Gasteiger partial charge in [-0.1, -0.05) is 12.7 Å². The molecule has 1 aromatic rings. The van der Waals surface area contributed by atoms with Gasteiger partial charge in [-0.05, 0) is 26.8 Å². The van der Waals surface area contributed by atoms with E-state index in [2.05, 4.69) is 6.58 Å². The molecule has 1 amide bonds. The summed E-state index contributed by atoms with van der Waals surface area (Å²) in [6.07, 6.45) is -0.341. The predicted octanol–water partition coefficient (Wildman–Crippen LogP) is 3.07. The fourth-order valence-electron chi connectivity index (χ4n) is 4.05. The third kappa shape index (κ3) is 3.59. The van der Waals surface area contributed by atoms with E-state index in [1.54, 1.807) is 32.9 Å². The summed E-state index contributed by atoms with van der Waals surface area (Å²) in [5.41, 5.74) is 1.22. The highest BCUT2D eigenvalue weighted by molar-refractivity contribution is 5.92. The van der Waals surface area contributed by atoms with Gasteiger partial charge in [0.05, 0.1) is 24.8 Å². The maximum atomic E-state index is 13.1. The zero-order valence-electron chi connectivity index (χ0n) is 17.2. The molecule has 9 nitrogen and oxygen atoms in total. The molecule has 162 valence electrons. The van der Waals surface area contributed by atoms with Crippen LogP contribution in [-0.4, -0.2) is 50.0 Å². The van der Waals surface area contributed by atoms with Gasteiger partial charge in [0, 0.05) is 11.6 Å². The summed E-state index contributed by atoms with van der Waals surface area (Å²) in [6.45, 7) is 9.24. The van der Waals surface area contributed by atoms with Crippen molar-refractivity contribution in [1.29, 1.82) is 0 Å². The number of carbonyl (C=O) groups is 2. The molecule has 3 atom stereocenters. The van der Waals surface area contributed by atoms with Crippen LogP contribution in [0.15, 0.2) is 24.8 Å². The van der Waals surface area contributed by atoms with Crippen LogP contribution in [0.4, 0.5) is 10.5 Å². The molecule has 0 saturated carbocycles. The van der Waals surface area contributed by atoms with Gasteiger partial charge in [0.15, 0.2) is 17.3 Å². The normalized spacial score (nSPS) is 25.3. The number of amides is 1. The van der Waals surface area contributed by atoms with Crippen molar-refractivity contribution in [2.75, 3.05) is 24.9 Å². The number of anilines is 1. The van der Waals surface area contributed by atoms with Gasteiger partial charge in [0.25, 0.3) is 0 Å². The second-order valence-electron chi connectivity index (χ2n) is 7.60. The first-order valence-electron chi connectivity index (χ1n) is 9.86. The standard InChI is InChI=1S/C21H25NO8/c1-5-7-26-20(24)22-13-9-16-15(27-11-28-16)8-12(13)18-19(30-21(3,4)29-18)14(22)10-17(23)25-6-2/h5,8-9,14,18-19H,1,6-7,10-11H2,2-4H3/t14-,18-,19-/m0/s1. The first-order valence-corrected chi connectivity index (χ1v) is 9.86. The molecule has 9 heteroatoms. The van der Waals surface area contributed by atoms with Crippen molar-refractivity contribution in [2.45, 2.75) is 51.2 Å². The van der Waals surface area contributed by atoms with E-state index >= 15 is 0 Å². The lowest BCUT2D eigenvalue weighted by molar-refractivity contribution is -0.152. The monoisotopic (exact) mass is 419 g/mol. The van der Waals surface area contributed by atoms with Crippen LogP contribution in [0.1, 0.15) is 38.9 Å². The number of nitrogens with zero attached hydrogens (tertiary/aromatic N) is 1. The molecule has 0 bridgehead atoms. The Labute approximate surface area is 174 Å². The van der Waals surface area contributed by atoms with Gasteiger partial charge < -0.3 is 28.4 Å². The van der Waals surface area contributed by atoms with Crippen molar-refractivity contribution < 1.29 is 38.0 Å². The lowest BCUT2D eigenvalue weighted by atomic mass is 9.88. The van der Waals surface area contributed by atoms with Crippen LogP contribution in [0, 0.1) is 0 Å². The van der Waals surface area contributed by atoms with Gasteiger partial charge in [0.1, 0.15) is 18.8 Å². The Morgan fingerprint density at radius 1 is 1.23 bits per heavy atom. The molecule has 0 N–H and O–H groups in total. The van der Waals surface area contributed by atoms with Crippen LogP contribution >= 0.6 is 0 Å². The SMILES string of the molecule is C=CCOC(=O)N1c2cc3c(cc2[C@@H]2OC(C)(C)O[C@H]2[C@@H]1CC(=O)OCC)OCO3. The summed E-state index contributed by atoms with van der Waals surface area (Å²) < 4.78 is 33.8. The molecule has 3 aliphatic rings. The van der Waals surface area contributed by atoms with E-state index in [4.69, 9.17) is 28.4 Å². The van der Waals surface area contributed by atoms with Crippen molar-refractivity contribution in [1.82, 2.24) is 0 Å². The Morgan fingerprint density at radius 2 is 1.97 bits per heavy atom. The molecular formula is C21H25NO8. The minimum atomic E-state index is -0.906. The molecule has 30 heavy (non-hydrogen) atoms. The van der Waals surface area contributed by atoms with Crippen LogP contribution in [0.3, 0.4) is 0 Å². The Hall–Kier alpha value is -2.78. The van der Waals surface area contributed by atoms with Crippen LogP contribution in [0.2, 0.25) is 0 Å². The number of ether oxygens (including phenoxy) is 6. The summed E-state index contributed by atoms with van der Waals surface area (Å²) in [4.78, 5) is 26.9. The van der Waals surface area contributed by atoms with E-state index in [1.165, 1.54) is 11.0 Å². The maximum Gasteiger partial charge on any atom is 0.414 e. The van der Waals surface area contributed by atoms with Crippen LogP contribution < -0.4 is 14.4 Å². The van der Waals surface area contributed by atoms with E-state index in [1.807, 2.05) is 0 Å². The van der Waals surface area contributed by atoms with Crippen LogP contribution in [0.25, 0.3) is 0 Å². The zero-order valence-corrected chi connectivity index (χ0v) is 17.2. The lowest BCUT2D eigenvalue weighted by Crippen LogP contribution is -2.53. The molecule has 0 spiro atoms. The smallest absolute Gasteiger partial charge is 0.414 e. The van der Waals surface area contributed by atoms with Crippen LogP contribution in [-0.2, 0) is 23.7 Å². The molecular weight excluding hydrogens is 394 g/mol. The zero-order chi connectivity index (χ0) is 21.5. The summed E-state index contributed by atoms with van der Waals surface area (Å²) in [6, 6.07) is 2.80. The van der Waals surface area contributed by atoms with E-state index < -0.39 is 36.1 Å². The largest absolute Gasteiger partial charge is 0.466 e. The van der Waals surface area contributed by atoms with Crippen molar-refractivity contribution in [3.8, 4) is 11.5 Å². The molecule has 3 aliphatic heterocycles. The topological polar surface area (TPSA) is 92.8 Å². The fourth-order valence-corrected chi connectivity index (χ4v) is 4.05. The number of rotatable bonds is 5. The minimum Gasteiger partial charge on any atom is -0.466 e. The molecule has 0 unspecified atom stereocenters. The molecule has 3 heterocycles. The van der Waals surface area contributed by atoms with Crippen molar-refractivity contribution in [3.63, 3.8) is 0 Å². The molecule has 0 aliphatic carbocycles. The number of hydrogen-bond donors (Lipinski definition) is 0. The summed E-state index contributed by atoms with van der Waals surface area (Å²) in [5, 5.41) is 0. The highest BCUT2D eigenvalue weighted by Crippen LogP contribution is 2.52. The summed E-state index contributed by atoms with van der Waals surface area (Å²) >= 11 is 0. The van der Waals surface area contributed by atoms with Gasteiger partial charge in [-0.3, -0.25) is 9.69 Å². The second kappa shape index (κ2) is 7.81. The number of esters is 1. The van der Waals surface area contributed by atoms with E-state index in [-0.39, 0.29) is 26.4 Å². The third-order valence-corrected chi connectivity index (χ3v) is 5.13. The molecule has 0 aromatic heterocycles. The minimum absolute atomic E-state index is 0.0261. The highest BCUT2D eigenvalue weighted by Gasteiger charge is 2.54. The third-order valence-electron chi connectivity index (χ3n) is 5.13. The number of benzene rings is 1. The predicted molar refractivity (Wildman–Crippen MR) is 104 cm³/mol. The lowest BCUT2D eigenvalue weighted by Gasteiger charge is -2.41. The van der Waals surface area contributed by atoms with E-state index in [0.29, 0.717) is 22.7 Å². The second-order valence-corrected chi connectivity index (χ2v) is 7.60. The van der Waals surface area contributed by atoms with Gasteiger partial charge in [0.2, 0.25) is 6.79 Å². The van der Waals surface area contributed by atoms with Crippen molar-refractivity contribution in [2.24, 2.45) is 0 Å². The van der Waals surface area contributed by atoms with Gasteiger partial charge in [-0.25, -0.2) is 4.79 Å². The Bertz CT molecular complexity index is 867. The molecule has 1 fully saturated rings. The Balaban J connectivity index is 1.81. The van der Waals surface area contributed by atoms with Crippen LogP contribution in [0.5, 0.6) is 11.5 Å². The van der Waals surface area contributed by atoms with E-state index in [0.717, 1.165) is 0 Å². The summed E-state index contributed by atoms with van der Waals surface area (Å²) in [5.74, 6) is -0.289. The first-order chi connectivity index (χ1) is 14.3. The average molecular weight is 419 g/mol. The van der Waals surface area contributed by atoms with Gasteiger partial charge in [-0.15, -0.1) is 0 Å². The molecule has 1 saturated heterocycles. The Morgan fingerprint density at radius 3 is 2.67 bits per heavy atom.